The highest BCUT2D eigenvalue weighted by Gasteiger charge is 2.14. The third-order valence-corrected chi connectivity index (χ3v) is 3.92. The van der Waals surface area contributed by atoms with Gasteiger partial charge in [-0.25, -0.2) is 4.98 Å². The average molecular weight is 319 g/mol. The van der Waals surface area contributed by atoms with E-state index < -0.39 is 0 Å². The molecule has 0 fully saturated rings. The number of unbranched alkanes of at least 4 members (excludes halogenated alkanes) is 1. The molecule has 0 saturated carbocycles. The summed E-state index contributed by atoms with van der Waals surface area (Å²) in [6.45, 7) is 3.77. The number of hydrogen-bond donors (Lipinski definition) is 1. The summed E-state index contributed by atoms with van der Waals surface area (Å²) in [6.07, 6.45) is 5.20. The average Bonchev–Trinajstić information content (AvgIpc) is 2.43. The number of nitrogens with one attached hydrogen (secondary N) is 1. The van der Waals surface area contributed by atoms with Crippen LogP contribution in [-0.2, 0) is 0 Å². The van der Waals surface area contributed by atoms with Crippen molar-refractivity contribution in [1.29, 1.82) is 0 Å². The number of pyridine rings is 1. The number of halogens is 1. The van der Waals surface area contributed by atoms with Crippen LogP contribution in [0.1, 0.15) is 31.0 Å². The number of aromatic nitrogens is 1. The molecular weight excluding hydrogens is 300 g/mol. The molecule has 0 saturated heterocycles. The lowest BCUT2D eigenvalue weighted by Gasteiger charge is -2.17. The number of para-hydroxylation sites is 1. The van der Waals surface area contributed by atoms with Crippen LogP contribution in [0.4, 0.5) is 0 Å². The van der Waals surface area contributed by atoms with Crippen LogP contribution < -0.4 is 5.32 Å². The van der Waals surface area contributed by atoms with E-state index in [1.165, 1.54) is 5.39 Å². The van der Waals surface area contributed by atoms with Gasteiger partial charge in [0.1, 0.15) is 0 Å². The Bertz CT molecular complexity index is 566. The van der Waals surface area contributed by atoms with Gasteiger partial charge in [0.2, 0.25) is 0 Å². The fourth-order valence-electron chi connectivity index (χ4n) is 2.23. The minimum absolute atomic E-state index is 0.277. The standard InChI is InChI=1S/C16H19BrN2/c1-3-4-5-10-15(18-2)16-13(17)11-12-8-6-7-9-14(12)19-16/h3,6-9,11,15,18H,1,4-5,10H2,2H3. The molecule has 100 valence electrons. The summed E-state index contributed by atoms with van der Waals surface area (Å²) in [6, 6.07) is 10.6. The molecular formula is C16H19BrN2. The van der Waals surface area contributed by atoms with Crippen LogP contribution in [-0.4, -0.2) is 12.0 Å². The second kappa shape index (κ2) is 6.83. The van der Waals surface area contributed by atoms with Crippen LogP contribution in [0.5, 0.6) is 0 Å². The molecule has 0 aliphatic rings. The minimum Gasteiger partial charge on any atom is -0.312 e. The Kier molecular flexibility index (Phi) is 5.11. The molecule has 19 heavy (non-hydrogen) atoms. The van der Waals surface area contributed by atoms with E-state index in [-0.39, 0.29) is 6.04 Å². The highest BCUT2D eigenvalue weighted by atomic mass is 79.9. The maximum absolute atomic E-state index is 4.79. The van der Waals surface area contributed by atoms with E-state index in [1.54, 1.807) is 0 Å². The van der Waals surface area contributed by atoms with Crippen molar-refractivity contribution in [1.82, 2.24) is 10.3 Å². The molecule has 2 nitrogen and oxygen atoms in total. The molecule has 1 atom stereocenters. The zero-order valence-electron chi connectivity index (χ0n) is 11.2. The highest BCUT2D eigenvalue weighted by Crippen LogP contribution is 2.28. The van der Waals surface area contributed by atoms with E-state index in [0.29, 0.717) is 0 Å². The van der Waals surface area contributed by atoms with Crippen molar-refractivity contribution < 1.29 is 0 Å². The van der Waals surface area contributed by atoms with E-state index in [1.807, 2.05) is 25.3 Å². The normalized spacial score (nSPS) is 12.5. The van der Waals surface area contributed by atoms with Gasteiger partial charge in [0.25, 0.3) is 0 Å². The first-order valence-corrected chi connectivity index (χ1v) is 7.39. The first kappa shape index (κ1) is 14.2. The predicted molar refractivity (Wildman–Crippen MR) is 85.3 cm³/mol. The second-order valence-corrected chi connectivity index (χ2v) is 5.46. The molecule has 3 heteroatoms. The molecule has 0 spiro atoms. The van der Waals surface area contributed by atoms with Gasteiger partial charge in [-0.05, 0) is 54.4 Å². The molecule has 2 aromatic rings. The molecule has 2 rings (SSSR count). The van der Waals surface area contributed by atoms with Gasteiger partial charge < -0.3 is 5.32 Å². The molecule has 1 aromatic heterocycles. The van der Waals surface area contributed by atoms with Crippen LogP contribution in [0.25, 0.3) is 10.9 Å². The Morgan fingerprint density at radius 1 is 1.42 bits per heavy atom. The van der Waals surface area contributed by atoms with Crippen molar-refractivity contribution in [3.8, 4) is 0 Å². The largest absolute Gasteiger partial charge is 0.312 e. The van der Waals surface area contributed by atoms with Gasteiger partial charge in [-0.15, -0.1) is 6.58 Å². The number of allylic oxidation sites excluding steroid dienone is 1. The van der Waals surface area contributed by atoms with Crippen molar-refractivity contribution in [2.24, 2.45) is 0 Å². The van der Waals surface area contributed by atoms with Crippen molar-refractivity contribution in [3.63, 3.8) is 0 Å². The fourth-order valence-corrected chi connectivity index (χ4v) is 2.85. The van der Waals surface area contributed by atoms with Gasteiger partial charge in [0.05, 0.1) is 17.3 Å². The summed E-state index contributed by atoms with van der Waals surface area (Å²) < 4.78 is 1.07. The number of fused-ring (bicyclic) bond motifs is 1. The Morgan fingerprint density at radius 3 is 2.95 bits per heavy atom. The number of nitrogens with zero attached hydrogens (tertiary/aromatic N) is 1. The maximum atomic E-state index is 4.79. The SMILES string of the molecule is C=CCCCC(NC)c1nc2ccccc2cc1Br. The number of rotatable bonds is 6. The molecule has 0 radical (unpaired) electrons. The van der Waals surface area contributed by atoms with Crippen molar-refractivity contribution in [2.75, 3.05) is 7.05 Å². The summed E-state index contributed by atoms with van der Waals surface area (Å²) in [4.78, 5) is 4.79. The lowest BCUT2D eigenvalue weighted by atomic mass is 10.0. The molecule has 1 N–H and O–H groups in total. The van der Waals surface area contributed by atoms with Gasteiger partial charge in [-0.3, -0.25) is 0 Å². The van der Waals surface area contributed by atoms with Gasteiger partial charge in [0.15, 0.2) is 0 Å². The number of hydrogen-bond acceptors (Lipinski definition) is 2. The fraction of sp³-hybridized carbons (Fsp3) is 0.312. The molecule has 1 heterocycles. The Labute approximate surface area is 123 Å². The van der Waals surface area contributed by atoms with E-state index in [0.717, 1.165) is 34.9 Å². The summed E-state index contributed by atoms with van der Waals surface area (Å²) in [7, 11) is 1.99. The van der Waals surface area contributed by atoms with Crippen LogP contribution in [0.2, 0.25) is 0 Å². The lowest BCUT2D eigenvalue weighted by Crippen LogP contribution is -2.18. The first-order valence-electron chi connectivity index (χ1n) is 6.59. The van der Waals surface area contributed by atoms with Gasteiger partial charge in [-0.2, -0.15) is 0 Å². The first-order chi connectivity index (χ1) is 9.26. The third kappa shape index (κ3) is 3.43. The monoisotopic (exact) mass is 318 g/mol. The minimum atomic E-state index is 0.277. The van der Waals surface area contributed by atoms with Gasteiger partial charge in [0, 0.05) is 9.86 Å². The van der Waals surface area contributed by atoms with Crippen molar-refractivity contribution in [3.05, 3.63) is 53.2 Å². The van der Waals surface area contributed by atoms with E-state index >= 15 is 0 Å². The number of benzene rings is 1. The van der Waals surface area contributed by atoms with Gasteiger partial charge in [-0.1, -0.05) is 24.3 Å². The molecule has 0 bridgehead atoms. The Morgan fingerprint density at radius 2 is 2.21 bits per heavy atom. The maximum Gasteiger partial charge on any atom is 0.0722 e. The summed E-state index contributed by atoms with van der Waals surface area (Å²) in [5.74, 6) is 0. The van der Waals surface area contributed by atoms with Crippen LogP contribution in [0.3, 0.4) is 0 Å². The molecule has 0 aliphatic carbocycles. The Hall–Kier alpha value is -1.19. The third-order valence-electron chi connectivity index (χ3n) is 3.28. The molecule has 1 unspecified atom stereocenters. The van der Waals surface area contributed by atoms with Crippen LogP contribution >= 0.6 is 15.9 Å². The smallest absolute Gasteiger partial charge is 0.0722 e. The van der Waals surface area contributed by atoms with Crippen molar-refractivity contribution in [2.45, 2.75) is 25.3 Å². The predicted octanol–water partition coefficient (Wildman–Crippen LogP) is 4.61. The molecule has 1 aromatic carbocycles. The summed E-state index contributed by atoms with van der Waals surface area (Å²) in [5, 5.41) is 4.52. The molecule has 0 amide bonds. The molecule has 0 aliphatic heterocycles. The van der Waals surface area contributed by atoms with E-state index in [4.69, 9.17) is 4.98 Å². The van der Waals surface area contributed by atoms with Gasteiger partial charge >= 0.3 is 0 Å². The van der Waals surface area contributed by atoms with Crippen LogP contribution in [0.15, 0.2) is 47.5 Å². The summed E-state index contributed by atoms with van der Waals surface area (Å²) in [5.41, 5.74) is 2.13. The lowest BCUT2D eigenvalue weighted by molar-refractivity contribution is 0.517. The summed E-state index contributed by atoms with van der Waals surface area (Å²) >= 11 is 3.65. The van der Waals surface area contributed by atoms with E-state index in [9.17, 15) is 0 Å². The highest BCUT2D eigenvalue weighted by molar-refractivity contribution is 9.10. The van der Waals surface area contributed by atoms with E-state index in [2.05, 4.69) is 46.0 Å². The Balaban J connectivity index is 2.30. The topological polar surface area (TPSA) is 24.9 Å². The van der Waals surface area contributed by atoms with Crippen LogP contribution in [0, 0.1) is 0 Å². The zero-order chi connectivity index (χ0) is 13.7. The van der Waals surface area contributed by atoms with Crippen molar-refractivity contribution >= 4 is 26.8 Å². The second-order valence-electron chi connectivity index (χ2n) is 4.61. The quantitative estimate of drug-likeness (QED) is 0.621. The zero-order valence-corrected chi connectivity index (χ0v) is 12.8.